The van der Waals surface area contributed by atoms with E-state index in [1.54, 1.807) is 12.3 Å². The highest BCUT2D eigenvalue weighted by molar-refractivity contribution is 5.81. The molecule has 0 spiro atoms. The number of hydrogen-bond donors (Lipinski definition) is 0. The molecule has 2 heterocycles. The Morgan fingerprint density at radius 3 is 2.79 bits per heavy atom. The van der Waals surface area contributed by atoms with E-state index in [1.165, 1.54) is 15.8 Å². The number of carbonyl (C=O) groups excluding carboxylic acids is 1. The second-order valence-electron chi connectivity index (χ2n) is 8.01. The topological polar surface area (TPSA) is 55.2 Å². The number of nitrogens with zero attached hydrogens (tertiary/aromatic N) is 3. The molecule has 5 nitrogen and oxygen atoms in total. The third kappa shape index (κ3) is 4.39. The lowest BCUT2D eigenvalue weighted by Gasteiger charge is -2.33. The normalized spacial score (nSPS) is 16.9. The van der Waals surface area contributed by atoms with Gasteiger partial charge in [0, 0.05) is 18.5 Å². The van der Waals surface area contributed by atoms with Crippen LogP contribution in [0.25, 0.3) is 10.8 Å². The van der Waals surface area contributed by atoms with Crippen molar-refractivity contribution < 1.29 is 4.79 Å². The van der Waals surface area contributed by atoms with Crippen molar-refractivity contribution in [3.63, 3.8) is 0 Å². The summed E-state index contributed by atoms with van der Waals surface area (Å²) in [6.07, 6.45) is 5.97. The molecule has 0 aliphatic carbocycles. The Hall–Kier alpha value is -2.95. The summed E-state index contributed by atoms with van der Waals surface area (Å²) < 4.78 is 1.29. The molecule has 0 radical (unpaired) electrons. The summed E-state index contributed by atoms with van der Waals surface area (Å²) >= 11 is 0. The molecule has 1 aromatic heterocycles. The van der Waals surface area contributed by atoms with Crippen LogP contribution in [-0.2, 0) is 17.8 Å². The van der Waals surface area contributed by atoms with Gasteiger partial charge < -0.3 is 4.90 Å². The predicted octanol–water partition coefficient (Wildman–Crippen LogP) is 3.58. The fourth-order valence-electron chi connectivity index (χ4n) is 4.25. The largest absolute Gasteiger partial charge is 0.341 e. The van der Waals surface area contributed by atoms with Crippen LogP contribution >= 0.6 is 0 Å². The monoisotopic (exact) mass is 389 g/mol. The molecule has 29 heavy (non-hydrogen) atoms. The van der Waals surface area contributed by atoms with E-state index in [2.05, 4.69) is 36.3 Å². The number of fused-ring (bicyclic) bond motifs is 1. The van der Waals surface area contributed by atoms with E-state index in [0.29, 0.717) is 11.3 Å². The van der Waals surface area contributed by atoms with Crippen molar-refractivity contribution in [3.8, 4) is 0 Å². The molecule has 0 saturated carbocycles. The maximum atomic E-state index is 12.9. The summed E-state index contributed by atoms with van der Waals surface area (Å²) in [6, 6.07) is 15.9. The fourth-order valence-corrected chi connectivity index (χ4v) is 4.25. The fraction of sp³-hybridized carbons (Fsp3) is 0.375. The number of piperidine rings is 1. The van der Waals surface area contributed by atoms with Gasteiger partial charge in [0.15, 0.2) is 0 Å². The first-order valence-corrected chi connectivity index (χ1v) is 10.4. The Morgan fingerprint density at radius 2 is 1.93 bits per heavy atom. The van der Waals surface area contributed by atoms with Crippen molar-refractivity contribution in [2.75, 3.05) is 13.1 Å². The van der Waals surface area contributed by atoms with Gasteiger partial charge >= 0.3 is 0 Å². The minimum atomic E-state index is -0.204. The molecular formula is C24H27N3O2. The van der Waals surface area contributed by atoms with Gasteiger partial charge in [0.2, 0.25) is 5.91 Å². The van der Waals surface area contributed by atoms with Gasteiger partial charge in [-0.05, 0) is 55.7 Å². The molecule has 5 heteroatoms. The number of rotatable bonds is 5. The van der Waals surface area contributed by atoms with Crippen LogP contribution in [0, 0.1) is 12.8 Å². The van der Waals surface area contributed by atoms with Gasteiger partial charge in [0.25, 0.3) is 5.56 Å². The Morgan fingerprint density at radius 1 is 1.14 bits per heavy atom. The second-order valence-corrected chi connectivity index (χ2v) is 8.01. The number of likely N-dealkylation sites (tertiary alicyclic amines) is 1. The number of carbonyl (C=O) groups is 1. The van der Waals surface area contributed by atoms with Crippen molar-refractivity contribution in [1.82, 2.24) is 14.7 Å². The van der Waals surface area contributed by atoms with Gasteiger partial charge in [-0.15, -0.1) is 0 Å². The minimum Gasteiger partial charge on any atom is -0.341 e. The van der Waals surface area contributed by atoms with Gasteiger partial charge in [0.05, 0.1) is 11.6 Å². The van der Waals surface area contributed by atoms with Crippen LogP contribution in [0.5, 0.6) is 0 Å². The molecule has 1 amide bonds. The first-order chi connectivity index (χ1) is 14.1. The predicted molar refractivity (Wildman–Crippen MR) is 115 cm³/mol. The van der Waals surface area contributed by atoms with E-state index in [4.69, 9.17) is 0 Å². The Kier molecular flexibility index (Phi) is 5.74. The Bertz CT molecular complexity index is 1070. The molecule has 1 atom stereocenters. The van der Waals surface area contributed by atoms with Crippen molar-refractivity contribution in [2.45, 2.75) is 39.2 Å². The molecule has 1 saturated heterocycles. The quantitative estimate of drug-likeness (QED) is 0.670. The molecule has 1 unspecified atom stereocenters. The third-order valence-electron chi connectivity index (χ3n) is 6.00. The van der Waals surface area contributed by atoms with Crippen LogP contribution in [0.15, 0.2) is 59.5 Å². The van der Waals surface area contributed by atoms with Crippen LogP contribution in [0.4, 0.5) is 0 Å². The number of hydrogen-bond acceptors (Lipinski definition) is 3. The minimum absolute atomic E-state index is 0.00812. The van der Waals surface area contributed by atoms with Gasteiger partial charge in [-0.2, -0.15) is 5.10 Å². The summed E-state index contributed by atoms with van der Waals surface area (Å²) in [6.45, 7) is 3.70. The van der Waals surface area contributed by atoms with Crippen molar-refractivity contribution >= 4 is 16.7 Å². The molecule has 1 fully saturated rings. The molecule has 150 valence electrons. The number of aromatic nitrogens is 2. The summed E-state index contributed by atoms with van der Waals surface area (Å²) in [7, 11) is 0. The van der Waals surface area contributed by atoms with Gasteiger partial charge in [-0.25, -0.2) is 4.68 Å². The Labute approximate surface area is 171 Å². The van der Waals surface area contributed by atoms with Gasteiger partial charge in [0.1, 0.15) is 6.54 Å². The van der Waals surface area contributed by atoms with Gasteiger partial charge in [-0.3, -0.25) is 9.59 Å². The molecule has 0 N–H and O–H groups in total. The maximum absolute atomic E-state index is 12.9. The van der Waals surface area contributed by atoms with E-state index in [-0.39, 0.29) is 18.0 Å². The zero-order valence-electron chi connectivity index (χ0n) is 16.9. The van der Waals surface area contributed by atoms with Crippen LogP contribution in [0.1, 0.15) is 30.4 Å². The highest BCUT2D eigenvalue weighted by Crippen LogP contribution is 2.23. The van der Waals surface area contributed by atoms with Crippen LogP contribution in [0.3, 0.4) is 0 Å². The molecule has 0 bridgehead atoms. The molecular weight excluding hydrogens is 362 g/mol. The number of benzene rings is 2. The molecule has 2 aromatic carbocycles. The number of amides is 1. The van der Waals surface area contributed by atoms with Crippen LogP contribution < -0.4 is 5.56 Å². The van der Waals surface area contributed by atoms with Crippen molar-refractivity contribution in [2.24, 2.45) is 5.92 Å². The molecule has 1 aliphatic rings. The lowest BCUT2D eigenvalue weighted by atomic mass is 9.90. The zero-order valence-corrected chi connectivity index (χ0v) is 16.9. The zero-order chi connectivity index (χ0) is 20.2. The lowest BCUT2D eigenvalue weighted by molar-refractivity contribution is -0.134. The van der Waals surface area contributed by atoms with Crippen molar-refractivity contribution in [1.29, 1.82) is 0 Å². The SMILES string of the molecule is Cc1ccccc1CCC1CCCN(C(=O)Cn2ncc3ccccc3c2=O)C1. The molecule has 1 aliphatic heterocycles. The van der Waals surface area contributed by atoms with E-state index < -0.39 is 0 Å². The van der Waals surface area contributed by atoms with E-state index >= 15 is 0 Å². The molecule has 4 rings (SSSR count). The Balaban J connectivity index is 1.39. The summed E-state index contributed by atoms with van der Waals surface area (Å²) in [4.78, 5) is 27.4. The first kappa shape index (κ1) is 19.4. The third-order valence-corrected chi connectivity index (χ3v) is 6.00. The maximum Gasteiger partial charge on any atom is 0.275 e. The smallest absolute Gasteiger partial charge is 0.275 e. The van der Waals surface area contributed by atoms with E-state index in [1.807, 2.05) is 23.1 Å². The van der Waals surface area contributed by atoms with Crippen molar-refractivity contribution in [3.05, 3.63) is 76.2 Å². The highest BCUT2D eigenvalue weighted by atomic mass is 16.2. The highest BCUT2D eigenvalue weighted by Gasteiger charge is 2.24. The summed E-state index contributed by atoms with van der Waals surface area (Å²) in [5, 5.41) is 5.61. The average molecular weight is 389 g/mol. The standard InChI is InChI=1S/C24H27N3O2/c1-18-7-2-3-9-20(18)13-12-19-8-6-14-26(16-19)23(28)17-27-24(29)22-11-5-4-10-21(22)15-25-27/h2-5,7,9-11,15,19H,6,8,12-14,16-17H2,1H3. The van der Waals surface area contributed by atoms with E-state index in [9.17, 15) is 9.59 Å². The lowest BCUT2D eigenvalue weighted by Crippen LogP contribution is -2.43. The van der Waals surface area contributed by atoms with Crippen LogP contribution in [0.2, 0.25) is 0 Å². The number of aryl methyl sites for hydroxylation is 2. The van der Waals surface area contributed by atoms with Gasteiger partial charge in [-0.1, -0.05) is 42.5 Å². The average Bonchev–Trinajstić information content (AvgIpc) is 2.75. The summed E-state index contributed by atoms with van der Waals surface area (Å²) in [5.74, 6) is 0.490. The van der Waals surface area contributed by atoms with E-state index in [0.717, 1.165) is 44.2 Å². The summed E-state index contributed by atoms with van der Waals surface area (Å²) in [5.41, 5.74) is 2.52. The molecule has 3 aromatic rings. The van der Waals surface area contributed by atoms with Crippen LogP contribution in [-0.4, -0.2) is 33.7 Å². The first-order valence-electron chi connectivity index (χ1n) is 10.4. The second kappa shape index (κ2) is 8.60.